The number of esters is 1. The lowest BCUT2D eigenvalue weighted by molar-refractivity contribution is 0.0600. The first-order chi connectivity index (χ1) is 9.60. The number of rotatable bonds is 3. The summed E-state index contributed by atoms with van der Waals surface area (Å²) in [6.07, 6.45) is 2.25. The zero-order valence-corrected chi connectivity index (χ0v) is 10.5. The lowest BCUT2D eigenvalue weighted by Gasteiger charge is -2.05. The first-order valence-electron chi connectivity index (χ1n) is 5.64. The zero-order chi connectivity index (χ0) is 14.5. The summed E-state index contributed by atoms with van der Waals surface area (Å²) >= 11 is 0. The molecule has 0 spiro atoms. The Morgan fingerprint density at radius 3 is 2.50 bits per heavy atom. The summed E-state index contributed by atoms with van der Waals surface area (Å²) in [5.41, 5.74) is 0.578. The van der Waals surface area contributed by atoms with Crippen LogP contribution < -0.4 is 10.9 Å². The first-order valence-corrected chi connectivity index (χ1v) is 5.64. The predicted molar refractivity (Wildman–Crippen MR) is 70.6 cm³/mol. The fourth-order valence-electron chi connectivity index (χ4n) is 1.47. The minimum absolute atomic E-state index is 0.0849. The number of anilines is 1. The van der Waals surface area contributed by atoms with Crippen molar-refractivity contribution in [3.05, 3.63) is 58.3 Å². The highest BCUT2D eigenvalue weighted by Gasteiger charge is 2.09. The van der Waals surface area contributed by atoms with Gasteiger partial charge in [-0.25, -0.2) is 9.78 Å². The molecule has 1 heterocycles. The van der Waals surface area contributed by atoms with E-state index in [0.29, 0.717) is 11.3 Å². The van der Waals surface area contributed by atoms with Gasteiger partial charge in [0.25, 0.3) is 11.5 Å². The monoisotopic (exact) mass is 273 g/mol. The Labute approximate surface area is 113 Å². The molecule has 1 aromatic carbocycles. The maximum Gasteiger partial charge on any atom is 0.337 e. The number of carbonyl (C=O) groups is 2. The number of hydrogen-bond donors (Lipinski definition) is 2. The number of aromatic amines is 1. The van der Waals surface area contributed by atoms with E-state index in [0.717, 1.165) is 6.20 Å². The highest BCUT2D eigenvalue weighted by atomic mass is 16.5. The highest BCUT2D eigenvalue weighted by Crippen LogP contribution is 2.11. The Morgan fingerprint density at radius 1 is 1.25 bits per heavy atom. The van der Waals surface area contributed by atoms with Crippen LogP contribution in [0.15, 0.2) is 41.5 Å². The molecule has 0 radical (unpaired) electrons. The van der Waals surface area contributed by atoms with Gasteiger partial charge < -0.3 is 15.0 Å². The van der Waals surface area contributed by atoms with Crippen molar-refractivity contribution < 1.29 is 14.3 Å². The molecule has 2 N–H and O–H groups in total. The minimum Gasteiger partial charge on any atom is -0.465 e. The zero-order valence-electron chi connectivity index (χ0n) is 10.5. The maximum atomic E-state index is 11.8. The first kappa shape index (κ1) is 13.5. The van der Waals surface area contributed by atoms with Gasteiger partial charge in [-0.1, -0.05) is 0 Å². The fraction of sp³-hybridized carbons (Fsp3) is 0.0769. The van der Waals surface area contributed by atoms with Crippen molar-refractivity contribution in [2.24, 2.45) is 0 Å². The standard InChI is InChI=1S/C13H11N3O4/c1-20-13(19)8-2-4-9(5-3-8)16-12(18)10-6-15-11(17)7-14-10/h2-7H,1H3,(H,15,17)(H,16,18). The van der Waals surface area contributed by atoms with Crippen molar-refractivity contribution in [3.63, 3.8) is 0 Å². The molecule has 0 saturated carbocycles. The van der Waals surface area contributed by atoms with E-state index in [1.165, 1.54) is 25.4 Å². The molecular weight excluding hydrogens is 262 g/mol. The second-order valence-electron chi connectivity index (χ2n) is 3.82. The summed E-state index contributed by atoms with van der Waals surface area (Å²) in [6, 6.07) is 6.19. The molecule has 2 rings (SSSR count). The number of nitrogens with one attached hydrogen (secondary N) is 2. The Morgan fingerprint density at radius 2 is 1.95 bits per heavy atom. The molecule has 7 heteroatoms. The van der Waals surface area contributed by atoms with Crippen molar-refractivity contribution >= 4 is 17.6 Å². The predicted octanol–water partition coefficient (Wildman–Crippen LogP) is 0.809. The van der Waals surface area contributed by atoms with E-state index in [9.17, 15) is 14.4 Å². The Hall–Kier alpha value is -2.96. The van der Waals surface area contributed by atoms with E-state index in [2.05, 4.69) is 20.0 Å². The van der Waals surface area contributed by atoms with E-state index in [1.807, 2.05) is 0 Å². The van der Waals surface area contributed by atoms with Crippen molar-refractivity contribution in [2.45, 2.75) is 0 Å². The number of aromatic nitrogens is 2. The molecule has 1 amide bonds. The van der Waals surface area contributed by atoms with Crippen LogP contribution in [0.4, 0.5) is 5.69 Å². The Balaban J connectivity index is 2.10. The molecule has 0 aliphatic rings. The van der Waals surface area contributed by atoms with Crippen molar-refractivity contribution in [2.75, 3.05) is 12.4 Å². The summed E-state index contributed by atoms with van der Waals surface area (Å²) in [7, 11) is 1.29. The summed E-state index contributed by atoms with van der Waals surface area (Å²) in [5, 5.41) is 2.59. The molecule has 0 unspecified atom stereocenters. The molecule has 20 heavy (non-hydrogen) atoms. The van der Waals surface area contributed by atoms with E-state index < -0.39 is 11.9 Å². The van der Waals surface area contributed by atoms with Crippen LogP contribution in [0.1, 0.15) is 20.8 Å². The van der Waals surface area contributed by atoms with Gasteiger partial charge in [0.1, 0.15) is 5.69 Å². The van der Waals surface area contributed by atoms with Crippen LogP contribution >= 0.6 is 0 Å². The van der Waals surface area contributed by atoms with Crippen LogP contribution in [0, 0.1) is 0 Å². The number of hydrogen-bond acceptors (Lipinski definition) is 5. The van der Waals surface area contributed by atoms with Gasteiger partial charge >= 0.3 is 5.97 Å². The second kappa shape index (κ2) is 5.79. The van der Waals surface area contributed by atoms with Crippen molar-refractivity contribution in [3.8, 4) is 0 Å². The van der Waals surface area contributed by atoms with Crippen LogP contribution in [-0.2, 0) is 4.74 Å². The van der Waals surface area contributed by atoms with Crippen molar-refractivity contribution in [1.29, 1.82) is 0 Å². The third-order valence-electron chi connectivity index (χ3n) is 2.47. The lowest BCUT2D eigenvalue weighted by atomic mass is 10.2. The highest BCUT2D eigenvalue weighted by molar-refractivity contribution is 6.02. The number of nitrogens with zero attached hydrogens (tertiary/aromatic N) is 1. The van der Waals surface area contributed by atoms with Crippen molar-refractivity contribution in [1.82, 2.24) is 9.97 Å². The summed E-state index contributed by atoms with van der Waals surface area (Å²) in [6.45, 7) is 0. The van der Waals surface area contributed by atoms with Gasteiger partial charge in [0, 0.05) is 11.9 Å². The number of methoxy groups -OCH3 is 1. The molecule has 1 aromatic heterocycles. The number of carbonyl (C=O) groups excluding carboxylic acids is 2. The molecule has 0 aliphatic heterocycles. The Bertz CT molecular complexity index is 671. The quantitative estimate of drug-likeness (QED) is 0.806. The largest absolute Gasteiger partial charge is 0.465 e. The normalized spacial score (nSPS) is 9.85. The van der Waals surface area contributed by atoms with Gasteiger partial charge in [-0.05, 0) is 24.3 Å². The molecule has 0 saturated heterocycles. The van der Waals surface area contributed by atoms with Gasteiger partial charge in [0.2, 0.25) is 0 Å². The van der Waals surface area contributed by atoms with Gasteiger partial charge in [-0.2, -0.15) is 0 Å². The smallest absolute Gasteiger partial charge is 0.337 e. The number of ether oxygens (including phenoxy) is 1. The average Bonchev–Trinajstić information content (AvgIpc) is 2.48. The molecule has 0 fully saturated rings. The van der Waals surface area contributed by atoms with E-state index in [1.54, 1.807) is 12.1 Å². The molecule has 0 atom stereocenters. The SMILES string of the molecule is COC(=O)c1ccc(NC(=O)c2c[nH]c(=O)cn2)cc1. The molecule has 102 valence electrons. The van der Waals surface area contributed by atoms with E-state index >= 15 is 0 Å². The van der Waals surface area contributed by atoms with Gasteiger partial charge in [0.05, 0.1) is 18.9 Å². The summed E-state index contributed by atoms with van der Waals surface area (Å²) in [4.78, 5) is 40.0. The van der Waals surface area contributed by atoms with Gasteiger partial charge in [0.15, 0.2) is 0 Å². The third kappa shape index (κ3) is 3.08. The minimum atomic E-state index is -0.466. The molecule has 2 aromatic rings. The molecular formula is C13H11N3O4. The van der Waals surface area contributed by atoms with Crippen LogP contribution in [0.5, 0.6) is 0 Å². The number of benzene rings is 1. The van der Waals surface area contributed by atoms with Crippen LogP contribution in [0.3, 0.4) is 0 Å². The maximum absolute atomic E-state index is 11.8. The van der Waals surface area contributed by atoms with Crippen LogP contribution in [-0.4, -0.2) is 29.0 Å². The summed E-state index contributed by atoms with van der Waals surface area (Å²) < 4.78 is 4.57. The van der Waals surface area contributed by atoms with Gasteiger partial charge in [-0.15, -0.1) is 0 Å². The summed E-state index contributed by atoms with van der Waals surface area (Å²) in [5.74, 6) is -0.919. The number of H-pyrrole nitrogens is 1. The molecule has 0 bridgehead atoms. The lowest BCUT2D eigenvalue weighted by Crippen LogP contribution is -2.17. The van der Waals surface area contributed by atoms with Crippen LogP contribution in [0.25, 0.3) is 0 Å². The van der Waals surface area contributed by atoms with E-state index in [-0.39, 0.29) is 11.3 Å². The third-order valence-corrected chi connectivity index (χ3v) is 2.47. The molecule has 7 nitrogen and oxygen atoms in total. The second-order valence-corrected chi connectivity index (χ2v) is 3.82. The van der Waals surface area contributed by atoms with Gasteiger partial charge in [-0.3, -0.25) is 9.59 Å². The van der Waals surface area contributed by atoms with E-state index in [4.69, 9.17) is 0 Å². The topological polar surface area (TPSA) is 101 Å². The fourth-order valence-corrected chi connectivity index (χ4v) is 1.47. The van der Waals surface area contributed by atoms with Crippen LogP contribution in [0.2, 0.25) is 0 Å². The molecule has 0 aliphatic carbocycles. The Kier molecular flexibility index (Phi) is 3.90. The average molecular weight is 273 g/mol. The number of amides is 1.